The Kier molecular flexibility index (Phi) is 5.97. The maximum Gasteiger partial charge on any atom is 0.235 e. The zero-order chi connectivity index (χ0) is 31.6. The average Bonchev–Trinajstić information content (AvgIpc) is 3.67. The largest absolute Gasteiger partial charge is 0.333 e. The molecule has 0 saturated carbocycles. The molecule has 0 N–H and O–H groups in total. The highest BCUT2D eigenvalue weighted by Crippen LogP contribution is 2.49. The van der Waals surface area contributed by atoms with Crippen LogP contribution in [0.3, 0.4) is 0 Å². The molecular weight excluding hydrogens is 585 g/mol. The third-order valence-electron chi connectivity index (χ3n) is 9.93. The molecule has 2 aromatic heterocycles. The molecule has 0 bridgehead atoms. The molecule has 1 aliphatic heterocycles. The van der Waals surface area contributed by atoms with Gasteiger partial charge in [0.05, 0.1) is 28.3 Å². The molecule has 48 heavy (non-hydrogen) atoms. The van der Waals surface area contributed by atoms with E-state index >= 15 is 0 Å². The molecule has 4 heteroatoms. The van der Waals surface area contributed by atoms with Crippen molar-refractivity contribution in [1.82, 2.24) is 14.5 Å². The minimum absolute atomic E-state index is 0.239. The molecule has 0 spiro atoms. The second-order valence-electron chi connectivity index (χ2n) is 12.6. The lowest BCUT2D eigenvalue weighted by atomic mass is 9.86. The van der Waals surface area contributed by atoms with Crippen molar-refractivity contribution in [2.24, 2.45) is 0 Å². The van der Waals surface area contributed by atoms with E-state index in [1.807, 2.05) is 12.1 Å². The lowest BCUT2D eigenvalue weighted by Crippen LogP contribution is -2.28. The molecule has 2 unspecified atom stereocenters. The van der Waals surface area contributed by atoms with Gasteiger partial charge < -0.3 is 4.90 Å². The van der Waals surface area contributed by atoms with Gasteiger partial charge in [-0.15, -0.1) is 0 Å². The van der Waals surface area contributed by atoms with Gasteiger partial charge in [0.2, 0.25) is 5.95 Å². The van der Waals surface area contributed by atoms with Crippen molar-refractivity contribution in [1.29, 1.82) is 0 Å². The van der Waals surface area contributed by atoms with Crippen LogP contribution in [0.25, 0.3) is 55.5 Å². The highest BCUT2D eigenvalue weighted by molar-refractivity contribution is 6.10. The van der Waals surface area contributed by atoms with Crippen LogP contribution in [0.5, 0.6) is 0 Å². The van der Waals surface area contributed by atoms with Gasteiger partial charge in [-0.1, -0.05) is 127 Å². The number of fused-ring (bicyclic) bond motifs is 7. The molecule has 2 atom stereocenters. The van der Waals surface area contributed by atoms with Gasteiger partial charge in [-0.25, -0.2) is 9.97 Å². The molecule has 0 fully saturated rings. The highest BCUT2D eigenvalue weighted by Gasteiger charge is 2.38. The van der Waals surface area contributed by atoms with Crippen LogP contribution in [0.2, 0.25) is 0 Å². The quantitative estimate of drug-likeness (QED) is 0.198. The van der Waals surface area contributed by atoms with Crippen LogP contribution >= 0.6 is 0 Å². The summed E-state index contributed by atoms with van der Waals surface area (Å²) in [6, 6.07) is 54.0. The maximum absolute atomic E-state index is 5.24. The molecule has 2 aliphatic rings. The molecule has 8 aromatic rings. The number of allylic oxidation sites excluding steroid dienone is 2. The van der Waals surface area contributed by atoms with E-state index in [1.54, 1.807) is 0 Å². The van der Waals surface area contributed by atoms with Crippen LogP contribution in [-0.4, -0.2) is 20.6 Å². The molecule has 0 radical (unpaired) electrons. The molecule has 6 aromatic carbocycles. The number of para-hydroxylation sites is 4. The Morgan fingerprint density at radius 2 is 1.25 bits per heavy atom. The summed E-state index contributed by atoms with van der Waals surface area (Å²) in [7, 11) is 0. The molecule has 3 heterocycles. The smallest absolute Gasteiger partial charge is 0.235 e. The van der Waals surface area contributed by atoms with Crippen LogP contribution < -0.4 is 4.90 Å². The fourth-order valence-corrected chi connectivity index (χ4v) is 7.78. The molecular formula is C44H30N4. The summed E-state index contributed by atoms with van der Waals surface area (Å²) in [5, 5.41) is 3.42. The lowest BCUT2D eigenvalue weighted by molar-refractivity contribution is 0.747. The first-order valence-corrected chi connectivity index (χ1v) is 16.5. The van der Waals surface area contributed by atoms with Crippen molar-refractivity contribution in [3.63, 3.8) is 0 Å². The van der Waals surface area contributed by atoms with Gasteiger partial charge in [0.25, 0.3) is 0 Å². The predicted octanol–water partition coefficient (Wildman–Crippen LogP) is 10.7. The van der Waals surface area contributed by atoms with E-state index in [-0.39, 0.29) is 12.0 Å². The first kappa shape index (κ1) is 26.9. The van der Waals surface area contributed by atoms with Gasteiger partial charge in [0.15, 0.2) is 0 Å². The minimum atomic E-state index is 0.239. The second-order valence-corrected chi connectivity index (χ2v) is 12.6. The summed E-state index contributed by atoms with van der Waals surface area (Å²) in [6.07, 6.45) is 7.15. The van der Waals surface area contributed by atoms with Gasteiger partial charge in [-0.3, -0.25) is 4.57 Å². The number of rotatable bonds is 4. The summed E-state index contributed by atoms with van der Waals surface area (Å²) in [5.74, 6) is 0.940. The summed E-state index contributed by atoms with van der Waals surface area (Å²) in [4.78, 5) is 12.9. The number of hydrogen-bond donors (Lipinski definition) is 0. The first-order valence-electron chi connectivity index (χ1n) is 16.5. The van der Waals surface area contributed by atoms with Crippen molar-refractivity contribution >= 4 is 49.7 Å². The zero-order valence-corrected chi connectivity index (χ0v) is 26.1. The van der Waals surface area contributed by atoms with Gasteiger partial charge in [-0.2, -0.15) is 0 Å². The molecule has 1 aliphatic carbocycles. The van der Waals surface area contributed by atoms with Gasteiger partial charge in [0, 0.05) is 39.0 Å². The molecule has 10 rings (SSSR count). The van der Waals surface area contributed by atoms with E-state index in [9.17, 15) is 0 Å². The second kappa shape index (κ2) is 10.6. The van der Waals surface area contributed by atoms with Crippen molar-refractivity contribution in [3.8, 4) is 17.2 Å². The summed E-state index contributed by atoms with van der Waals surface area (Å²) in [6.45, 7) is 0. The molecule has 0 amide bonds. The fourth-order valence-electron chi connectivity index (χ4n) is 7.78. The highest BCUT2D eigenvalue weighted by atomic mass is 15.2. The van der Waals surface area contributed by atoms with Gasteiger partial charge in [-0.05, 0) is 59.2 Å². The van der Waals surface area contributed by atoms with Gasteiger partial charge in [0.1, 0.15) is 0 Å². The van der Waals surface area contributed by atoms with Gasteiger partial charge >= 0.3 is 0 Å². The maximum atomic E-state index is 5.24. The van der Waals surface area contributed by atoms with Crippen molar-refractivity contribution < 1.29 is 0 Å². The Balaban J connectivity index is 1.12. The monoisotopic (exact) mass is 614 g/mol. The lowest BCUT2D eigenvalue weighted by Gasteiger charge is -2.29. The van der Waals surface area contributed by atoms with E-state index in [0.717, 1.165) is 33.2 Å². The Hall–Kier alpha value is -6.26. The summed E-state index contributed by atoms with van der Waals surface area (Å²) in [5.41, 5.74) is 11.5. The van der Waals surface area contributed by atoms with E-state index < -0.39 is 0 Å². The third-order valence-corrected chi connectivity index (χ3v) is 9.93. The summed E-state index contributed by atoms with van der Waals surface area (Å²) < 4.78 is 2.22. The predicted molar refractivity (Wildman–Crippen MR) is 198 cm³/mol. The van der Waals surface area contributed by atoms with Crippen molar-refractivity contribution in [2.75, 3.05) is 4.90 Å². The number of nitrogens with zero attached hydrogens (tertiary/aromatic N) is 4. The number of benzene rings is 6. The molecule has 4 nitrogen and oxygen atoms in total. The van der Waals surface area contributed by atoms with E-state index in [4.69, 9.17) is 9.97 Å². The first-order chi connectivity index (χ1) is 23.8. The Morgan fingerprint density at radius 3 is 2.12 bits per heavy atom. The Bertz CT molecular complexity index is 2580. The Morgan fingerprint density at radius 1 is 0.542 bits per heavy atom. The Labute approximate surface area is 278 Å². The standard InChI is InChI=1S/C44H30N4/c1-3-13-29(14-4-1)43-35-19-7-10-20-38(35)45-44(46-43)48-40-22-12-9-18-34(40)37-28-31(24-26-42(37)48)30-23-25-41-36(27-30)33-17-8-11-21-39(33)47(41)32-15-5-2-6-16-32/h1-28,36,41H. The van der Waals surface area contributed by atoms with E-state index in [2.05, 4.69) is 167 Å². The van der Waals surface area contributed by atoms with Crippen LogP contribution in [0.4, 0.5) is 11.4 Å². The number of anilines is 2. The minimum Gasteiger partial charge on any atom is -0.333 e. The SMILES string of the molecule is C1=CC2C(C=C1c1ccc3c(c1)c1ccccc1n3-c1nc(-c3ccccc3)c3ccccc3n1)c1ccccc1N2c1ccccc1. The summed E-state index contributed by atoms with van der Waals surface area (Å²) >= 11 is 0. The van der Waals surface area contributed by atoms with Crippen LogP contribution in [0.15, 0.2) is 170 Å². The normalized spacial score (nSPS) is 16.8. The van der Waals surface area contributed by atoms with E-state index in [0.29, 0.717) is 5.95 Å². The topological polar surface area (TPSA) is 34.0 Å². The molecule has 226 valence electrons. The number of hydrogen-bond acceptors (Lipinski definition) is 3. The van der Waals surface area contributed by atoms with Crippen LogP contribution in [-0.2, 0) is 0 Å². The molecule has 0 saturated heterocycles. The average molecular weight is 615 g/mol. The van der Waals surface area contributed by atoms with Crippen LogP contribution in [0.1, 0.15) is 17.0 Å². The number of aromatic nitrogens is 3. The fraction of sp³-hybridized carbons (Fsp3) is 0.0455. The third kappa shape index (κ3) is 4.09. The van der Waals surface area contributed by atoms with Crippen molar-refractivity contribution in [3.05, 3.63) is 181 Å². The van der Waals surface area contributed by atoms with E-state index in [1.165, 1.54) is 38.8 Å². The van der Waals surface area contributed by atoms with Crippen molar-refractivity contribution in [2.45, 2.75) is 12.0 Å². The zero-order valence-electron chi connectivity index (χ0n) is 26.1. The van der Waals surface area contributed by atoms with Crippen LogP contribution in [0, 0.1) is 0 Å².